The first kappa shape index (κ1) is 14.6. The number of benzene rings is 2. The van der Waals surface area contributed by atoms with Crippen molar-refractivity contribution in [2.75, 3.05) is 20.3 Å². The van der Waals surface area contributed by atoms with Gasteiger partial charge in [-0.05, 0) is 11.5 Å². The van der Waals surface area contributed by atoms with Crippen molar-refractivity contribution in [3.05, 3.63) is 42.0 Å². The number of nitrogens with one attached hydrogen (secondary N) is 1. The van der Waals surface area contributed by atoms with E-state index in [4.69, 9.17) is 16.3 Å². The van der Waals surface area contributed by atoms with E-state index in [9.17, 15) is 9.90 Å². The lowest BCUT2D eigenvalue weighted by molar-refractivity contribution is 0.0947. The van der Waals surface area contributed by atoms with Gasteiger partial charge in [-0.25, -0.2) is 0 Å². The third-order valence-corrected chi connectivity index (χ3v) is 3.26. The van der Waals surface area contributed by atoms with Gasteiger partial charge in [0.1, 0.15) is 5.75 Å². The first-order valence-electron chi connectivity index (χ1n) is 6.25. The molecule has 20 heavy (non-hydrogen) atoms. The van der Waals surface area contributed by atoms with Gasteiger partial charge in [-0.2, -0.15) is 0 Å². The molecule has 106 valence electrons. The highest BCUT2D eigenvalue weighted by Crippen LogP contribution is 2.28. The Morgan fingerprint density at radius 3 is 2.85 bits per heavy atom. The number of carbonyl (C=O) groups excluding carboxylic acids is 1. The monoisotopic (exact) mass is 293 g/mol. The lowest BCUT2D eigenvalue weighted by atomic mass is 10.0. The van der Waals surface area contributed by atoms with Crippen LogP contribution in [0.3, 0.4) is 0 Å². The summed E-state index contributed by atoms with van der Waals surface area (Å²) in [6.45, 7) is 0.631. The van der Waals surface area contributed by atoms with E-state index in [0.29, 0.717) is 12.0 Å². The number of fused-ring (bicyclic) bond motifs is 1. The second kappa shape index (κ2) is 6.59. The third kappa shape index (κ3) is 3.21. The zero-order valence-corrected chi connectivity index (χ0v) is 11.9. The third-order valence-electron chi connectivity index (χ3n) is 2.98. The summed E-state index contributed by atoms with van der Waals surface area (Å²) in [6, 6.07) is 10.8. The van der Waals surface area contributed by atoms with Crippen molar-refractivity contribution < 1.29 is 14.6 Å². The predicted octanol–water partition coefficient (Wildman–Crippen LogP) is 2.53. The number of aromatic hydroxyl groups is 1. The van der Waals surface area contributed by atoms with Gasteiger partial charge in [0.05, 0.1) is 17.5 Å². The summed E-state index contributed by atoms with van der Waals surface area (Å²) >= 11 is 5.95. The van der Waals surface area contributed by atoms with Crippen LogP contribution in [0.4, 0.5) is 0 Å². The summed E-state index contributed by atoms with van der Waals surface area (Å²) in [5, 5.41) is 14.1. The molecule has 2 aromatic rings. The van der Waals surface area contributed by atoms with E-state index in [1.54, 1.807) is 25.3 Å². The Hall–Kier alpha value is -1.78. The average molecular weight is 294 g/mol. The zero-order chi connectivity index (χ0) is 14.5. The minimum absolute atomic E-state index is 0.0153. The molecular weight excluding hydrogens is 278 g/mol. The summed E-state index contributed by atoms with van der Waals surface area (Å²) < 4.78 is 4.89. The molecule has 0 aromatic heterocycles. The van der Waals surface area contributed by atoms with Crippen LogP contribution >= 0.6 is 11.6 Å². The van der Waals surface area contributed by atoms with Crippen molar-refractivity contribution in [2.24, 2.45) is 0 Å². The molecular formula is C15H16ClNO3. The van der Waals surface area contributed by atoms with Crippen molar-refractivity contribution in [2.45, 2.75) is 5.38 Å². The molecule has 1 atom stereocenters. The van der Waals surface area contributed by atoms with E-state index in [0.717, 1.165) is 5.39 Å². The van der Waals surface area contributed by atoms with Crippen LogP contribution in [0.5, 0.6) is 5.75 Å². The highest BCUT2D eigenvalue weighted by molar-refractivity contribution is 6.21. The number of methoxy groups -OCH3 is 1. The summed E-state index contributed by atoms with van der Waals surface area (Å²) in [5.41, 5.74) is 0.241. The number of phenolic OH excluding ortho intramolecular Hbond substituents is 1. The smallest absolute Gasteiger partial charge is 0.255 e. The molecule has 0 saturated heterocycles. The summed E-state index contributed by atoms with van der Waals surface area (Å²) in [5.74, 6) is -0.367. The lowest BCUT2D eigenvalue weighted by Crippen LogP contribution is -2.31. The minimum Gasteiger partial charge on any atom is -0.506 e. The molecule has 0 heterocycles. The average Bonchev–Trinajstić information content (AvgIpc) is 2.46. The van der Waals surface area contributed by atoms with Crippen LogP contribution in [0.2, 0.25) is 0 Å². The van der Waals surface area contributed by atoms with Gasteiger partial charge in [0.15, 0.2) is 0 Å². The number of amides is 1. The summed E-state index contributed by atoms with van der Waals surface area (Å²) in [6.07, 6.45) is 0. The van der Waals surface area contributed by atoms with Gasteiger partial charge in [0, 0.05) is 19.0 Å². The van der Waals surface area contributed by atoms with Gasteiger partial charge in [0.2, 0.25) is 0 Å². The van der Waals surface area contributed by atoms with Gasteiger partial charge in [-0.1, -0.05) is 30.3 Å². The highest BCUT2D eigenvalue weighted by atomic mass is 35.5. The van der Waals surface area contributed by atoms with Crippen LogP contribution < -0.4 is 5.32 Å². The fraction of sp³-hybridized carbons (Fsp3) is 0.267. The maximum absolute atomic E-state index is 12.0. The predicted molar refractivity (Wildman–Crippen MR) is 79.5 cm³/mol. The fourth-order valence-electron chi connectivity index (χ4n) is 1.98. The minimum atomic E-state index is -0.352. The quantitative estimate of drug-likeness (QED) is 0.833. The number of rotatable bonds is 5. The molecule has 2 rings (SSSR count). The zero-order valence-electron chi connectivity index (χ0n) is 11.1. The van der Waals surface area contributed by atoms with E-state index in [2.05, 4.69) is 5.32 Å². The van der Waals surface area contributed by atoms with Crippen LogP contribution in [-0.2, 0) is 4.74 Å². The second-order valence-electron chi connectivity index (χ2n) is 4.45. The van der Waals surface area contributed by atoms with Crippen molar-refractivity contribution in [3.8, 4) is 5.75 Å². The van der Waals surface area contributed by atoms with Gasteiger partial charge in [-0.3, -0.25) is 4.79 Å². The maximum Gasteiger partial charge on any atom is 0.255 e. The highest BCUT2D eigenvalue weighted by Gasteiger charge is 2.14. The van der Waals surface area contributed by atoms with Crippen molar-refractivity contribution in [1.29, 1.82) is 0 Å². The molecule has 2 N–H and O–H groups in total. The second-order valence-corrected chi connectivity index (χ2v) is 5.06. The maximum atomic E-state index is 12.0. The fourth-order valence-corrected chi connectivity index (χ4v) is 2.18. The van der Waals surface area contributed by atoms with Crippen molar-refractivity contribution in [1.82, 2.24) is 5.32 Å². The van der Waals surface area contributed by atoms with Crippen molar-refractivity contribution >= 4 is 28.3 Å². The Labute approximate surface area is 122 Å². The lowest BCUT2D eigenvalue weighted by Gasteiger charge is -2.11. The molecule has 0 spiro atoms. The Morgan fingerprint density at radius 1 is 1.35 bits per heavy atom. The number of alkyl halides is 1. The van der Waals surface area contributed by atoms with E-state index >= 15 is 0 Å². The molecule has 0 radical (unpaired) electrons. The molecule has 0 aliphatic heterocycles. The number of halogens is 1. The molecule has 0 aliphatic rings. The first-order valence-corrected chi connectivity index (χ1v) is 6.69. The van der Waals surface area contributed by atoms with E-state index in [1.807, 2.05) is 18.2 Å². The van der Waals surface area contributed by atoms with Crippen LogP contribution in [0, 0.1) is 0 Å². The SMILES string of the molecule is COCC(Cl)CNC(=O)c1ccc2ccccc2c1O. The van der Waals surface area contributed by atoms with Gasteiger partial charge in [-0.15, -0.1) is 11.6 Å². The van der Waals surface area contributed by atoms with E-state index in [-0.39, 0.29) is 29.1 Å². The Kier molecular flexibility index (Phi) is 4.82. The Bertz CT molecular complexity index is 615. The molecule has 0 fully saturated rings. The van der Waals surface area contributed by atoms with Gasteiger partial charge >= 0.3 is 0 Å². The molecule has 0 saturated carbocycles. The molecule has 1 amide bonds. The van der Waals surface area contributed by atoms with Crippen LogP contribution in [-0.4, -0.2) is 36.7 Å². The van der Waals surface area contributed by atoms with Gasteiger partial charge in [0.25, 0.3) is 5.91 Å². The summed E-state index contributed by atoms with van der Waals surface area (Å²) in [7, 11) is 1.55. The van der Waals surface area contributed by atoms with Crippen LogP contribution in [0.15, 0.2) is 36.4 Å². The summed E-state index contributed by atoms with van der Waals surface area (Å²) in [4.78, 5) is 12.0. The normalized spacial score (nSPS) is 12.3. The van der Waals surface area contributed by atoms with Crippen LogP contribution in [0.1, 0.15) is 10.4 Å². The van der Waals surface area contributed by atoms with Gasteiger partial charge < -0.3 is 15.2 Å². The molecule has 0 aliphatic carbocycles. The number of hydrogen-bond donors (Lipinski definition) is 2. The Morgan fingerprint density at radius 2 is 2.10 bits per heavy atom. The number of carbonyl (C=O) groups is 1. The Balaban J connectivity index is 2.16. The number of ether oxygens (including phenoxy) is 1. The van der Waals surface area contributed by atoms with E-state index in [1.165, 1.54) is 0 Å². The number of phenols is 1. The molecule has 2 aromatic carbocycles. The van der Waals surface area contributed by atoms with Crippen LogP contribution in [0.25, 0.3) is 10.8 Å². The molecule has 0 bridgehead atoms. The first-order chi connectivity index (χ1) is 9.63. The largest absolute Gasteiger partial charge is 0.506 e. The molecule has 4 nitrogen and oxygen atoms in total. The standard InChI is InChI=1S/C15H16ClNO3/c1-20-9-11(16)8-17-15(19)13-7-6-10-4-2-3-5-12(10)14(13)18/h2-7,11,18H,8-9H2,1H3,(H,17,19). The molecule has 5 heteroatoms. The number of hydrogen-bond acceptors (Lipinski definition) is 3. The topological polar surface area (TPSA) is 58.6 Å². The molecule has 1 unspecified atom stereocenters. The van der Waals surface area contributed by atoms with E-state index < -0.39 is 0 Å². The van der Waals surface area contributed by atoms with Crippen molar-refractivity contribution in [3.63, 3.8) is 0 Å².